The summed E-state index contributed by atoms with van der Waals surface area (Å²) in [6, 6.07) is 0. The van der Waals surface area contributed by atoms with Crippen molar-refractivity contribution in [2.45, 2.75) is 87.7 Å². The molecule has 0 unspecified atom stereocenters. The third kappa shape index (κ3) is 2.66. The second-order valence-corrected chi connectivity index (χ2v) is 12.7. The molecule has 8 atom stereocenters. The minimum Gasteiger partial charge on any atom is -0.389 e. The Labute approximate surface area is 174 Å². The van der Waals surface area contributed by atoms with E-state index in [9.17, 15) is 9.90 Å². The molecule has 0 amide bonds. The maximum absolute atomic E-state index is 12.7. The van der Waals surface area contributed by atoms with E-state index >= 15 is 0 Å². The molecule has 2 N–H and O–H groups in total. The topological polar surface area (TPSA) is 49.3 Å². The summed E-state index contributed by atoms with van der Waals surface area (Å²) in [6.45, 7) is 11.4. The number of Topliss-reactive ketones (excluding diaryl/α,β-unsaturated/α-hetero) is 1. The molecule has 4 heteroatoms. The number of hydrogen-bond acceptors (Lipinski definition) is 4. The van der Waals surface area contributed by atoms with Crippen molar-refractivity contribution in [3.63, 3.8) is 0 Å². The lowest BCUT2D eigenvalue weighted by Crippen LogP contribution is -2.63. The summed E-state index contributed by atoms with van der Waals surface area (Å²) in [7, 11) is 0. The van der Waals surface area contributed by atoms with Crippen LogP contribution in [0.15, 0.2) is 12.2 Å². The summed E-state index contributed by atoms with van der Waals surface area (Å²) in [5.74, 6) is 1.89. The highest BCUT2D eigenvalue weighted by atomic mass is 32.2. The highest BCUT2D eigenvalue weighted by Gasteiger charge is 2.65. The zero-order valence-electron chi connectivity index (χ0n) is 17.6. The number of rotatable bonds is 2. The van der Waals surface area contributed by atoms with Crippen molar-refractivity contribution in [3.05, 3.63) is 12.2 Å². The average Bonchev–Trinajstić information content (AvgIpc) is 3.25. The van der Waals surface area contributed by atoms with Crippen molar-refractivity contribution in [3.8, 4) is 0 Å². The molecule has 5 rings (SSSR count). The van der Waals surface area contributed by atoms with Crippen LogP contribution in [0.5, 0.6) is 0 Å². The van der Waals surface area contributed by atoms with Crippen LogP contribution in [0, 0.1) is 28.6 Å². The molecule has 1 saturated heterocycles. The minimum absolute atomic E-state index is 0.0171. The maximum Gasteiger partial charge on any atom is 0.139 e. The Hall–Kier alpha value is -0.320. The fraction of sp³-hybridized carbons (Fsp3) is 0.875. The molecule has 3 nitrogen and oxygen atoms in total. The van der Waals surface area contributed by atoms with Gasteiger partial charge in [0.05, 0.1) is 5.60 Å². The van der Waals surface area contributed by atoms with Gasteiger partial charge in [-0.1, -0.05) is 26.0 Å². The van der Waals surface area contributed by atoms with Gasteiger partial charge in [-0.2, -0.15) is 11.8 Å². The van der Waals surface area contributed by atoms with Gasteiger partial charge in [-0.25, -0.2) is 0 Å². The van der Waals surface area contributed by atoms with E-state index in [4.69, 9.17) is 0 Å². The monoisotopic (exact) mass is 403 g/mol. The van der Waals surface area contributed by atoms with Crippen LogP contribution in [0.2, 0.25) is 0 Å². The molecule has 4 aliphatic carbocycles. The first-order valence-corrected chi connectivity index (χ1v) is 12.5. The Morgan fingerprint density at radius 1 is 1.11 bits per heavy atom. The Morgan fingerprint density at radius 3 is 2.68 bits per heavy atom. The van der Waals surface area contributed by atoms with E-state index < -0.39 is 5.60 Å². The molecule has 0 spiro atoms. The van der Waals surface area contributed by atoms with Gasteiger partial charge >= 0.3 is 0 Å². The van der Waals surface area contributed by atoms with Gasteiger partial charge in [0.1, 0.15) is 5.78 Å². The van der Waals surface area contributed by atoms with E-state index in [0.717, 1.165) is 63.3 Å². The van der Waals surface area contributed by atoms with E-state index in [1.165, 1.54) is 18.4 Å². The predicted molar refractivity (Wildman–Crippen MR) is 115 cm³/mol. The van der Waals surface area contributed by atoms with Crippen molar-refractivity contribution < 1.29 is 9.90 Å². The predicted octanol–water partition coefficient (Wildman–Crippen LogP) is 4.34. The maximum atomic E-state index is 12.7. The standard InChI is InChI=1S/C24H37NO2S/c1-15-12-24(27)13-16(28-17-8-11-25-14-17)6-10-23(24,3)19-7-9-22(2)18(21(15)19)4-5-20(22)26/h16-19,21,25,27H,1,4-14H2,2-3H3/t16-,17-,18+,19+,21-,22+,23-,24-/m1/s1. The number of aliphatic hydroxyl groups is 1. The number of carbonyl (C=O) groups excluding carboxylic acids is 1. The van der Waals surface area contributed by atoms with Crippen LogP contribution in [-0.2, 0) is 4.79 Å². The van der Waals surface area contributed by atoms with Gasteiger partial charge in [0, 0.05) is 34.3 Å². The number of nitrogens with one attached hydrogen (secondary N) is 1. The lowest BCUT2D eigenvalue weighted by molar-refractivity contribution is -0.182. The number of fused-ring (bicyclic) bond motifs is 5. The minimum atomic E-state index is -0.608. The normalized spacial score (nSPS) is 53.6. The molecule has 0 aromatic carbocycles. The second-order valence-electron chi connectivity index (χ2n) is 11.1. The smallest absolute Gasteiger partial charge is 0.139 e. The molecule has 0 bridgehead atoms. The van der Waals surface area contributed by atoms with E-state index in [-0.39, 0.29) is 10.8 Å². The highest BCUT2D eigenvalue weighted by molar-refractivity contribution is 8.00. The first kappa shape index (κ1) is 19.6. The average molecular weight is 404 g/mol. The Morgan fingerprint density at radius 2 is 1.93 bits per heavy atom. The lowest BCUT2D eigenvalue weighted by atomic mass is 9.43. The summed E-state index contributed by atoms with van der Waals surface area (Å²) < 4.78 is 0. The van der Waals surface area contributed by atoms with Crippen LogP contribution in [0.1, 0.15) is 71.6 Å². The van der Waals surface area contributed by atoms with Gasteiger partial charge in [-0.15, -0.1) is 0 Å². The Kier molecular flexibility index (Phi) is 4.62. The van der Waals surface area contributed by atoms with Crippen molar-refractivity contribution in [2.24, 2.45) is 28.6 Å². The van der Waals surface area contributed by atoms with Gasteiger partial charge in [0.15, 0.2) is 0 Å². The zero-order valence-corrected chi connectivity index (χ0v) is 18.5. The van der Waals surface area contributed by atoms with Gasteiger partial charge in [0.25, 0.3) is 0 Å². The fourth-order valence-electron chi connectivity index (χ4n) is 8.03. The quantitative estimate of drug-likeness (QED) is 0.673. The molecule has 28 heavy (non-hydrogen) atoms. The van der Waals surface area contributed by atoms with Crippen molar-refractivity contribution >= 4 is 17.5 Å². The van der Waals surface area contributed by atoms with Crippen molar-refractivity contribution in [2.75, 3.05) is 13.1 Å². The summed E-state index contributed by atoms with van der Waals surface area (Å²) in [5, 5.41) is 16.8. The van der Waals surface area contributed by atoms with Crippen LogP contribution < -0.4 is 5.32 Å². The zero-order chi connectivity index (χ0) is 19.7. The van der Waals surface area contributed by atoms with E-state index in [0.29, 0.717) is 28.8 Å². The number of thioether (sulfide) groups is 1. The van der Waals surface area contributed by atoms with E-state index in [1.54, 1.807) is 0 Å². The van der Waals surface area contributed by atoms with Gasteiger partial charge in [-0.05, 0) is 75.7 Å². The molecule has 0 aromatic rings. The first-order chi connectivity index (χ1) is 13.3. The number of carbonyl (C=O) groups is 1. The summed E-state index contributed by atoms with van der Waals surface area (Å²) in [6.07, 6.45) is 9.21. The van der Waals surface area contributed by atoms with Crippen LogP contribution >= 0.6 is 11.8 Å². The van der Waals surface area contributed by atoms with Gasteiger partial charge in [-0.3, -0.25) is 4.79 Å². The first-order valence-electron chi connectivity index (χ1n) is 11.6. The molecule has 4 saturated carbocycles. The van der Waals surface area contributed by atoms with Gasteiger partial charge < -0.3 is 10.4 Å². The van der Waals surface area contributed by atoms with E-state index in [2.05, 4.69) is 37.5 Å². The Balaban J connectivity index is 1.40. The molecule has 1 aliphatic heterocycles. The molecular formula is C24H37NO2S. The van der Waals surface area contributed by atoms with Crippen LogP contribution in [-0.4, -0.2) is 40.1 Å². The molecule has 1 heterocycles. The second kappa shape index (κ2) is 6.59. The van der Waals surface area contributed by atoms with Crippen molar-refractivity contribution in [1.29, 1.82) is 0 Å². The van der Waals surface area contributed by atoms with E-state index in [1.807, 2.05) is 0 Å². The largest absolute Gasteiger partial charge is 0.389 e. The number of ketones is 1. The van der Waals surface area contributed by atoms with Crippen LogP contribution in [0.3, 0.4) is 0 Å². The summed E-state index contributed by atoms with van der Waals surface area (Å²) in [5.41, 5.74) is 0.502. The SMILES string of the molecule is C=C1C[C@@]2(O)C[C@H](S[C@@H]3CCNC3)CC[C@]2(C)[C@H]2CC[C@]3(C)C(=O)CC[C@H]3[C@@H]12. The lowest BCUT2D eigenvalue weighted by Gasteiger charge is -2.64. The molecule has 0 aromatic heterocycles. The van der Waals surface area contributed by atoms with Crippen LogP contribution in [0.4, 0.5) is 0 Å². The molecule has 5 aliphatic rings. The van der Waals surface area contributed by atoms with Gasteiger partial charge in [0.2, 0.25) is 0 Å². The third-order valence-corrected chi connectivity index (χ3v) is 11.4. The molecular weight excluding hydrogens is 366 g/mol. The van der Waals surface area contributed by atoms with Crippen molar-refractivity contribution in [1.82, 2.24) is 5.32 Å². The fourth-order valence-corrected chi connectivity index (χ4v) is 9.67. The summed E-state index contributed by atoms with van der Waals surface area (Å²) >= 11 is 2.13. The Bertz CT molecular complexity index is 688. The highest BCUT2D eigenvalue weighted by Crippen LogP contribution is 2.68. The molecule has 5 fully saturated rings. The molecule has 0 radical (unpaired) electrons. The molecule has 156 valence electrons. The number of hydrogen-bond donors (Lipinski definition) is 2. The van der Waals surface area contributed by atoms with Crippen LogP contribution in [0.25, 0.3) is 0 Å². The third-order valence-electron chi connectivity index (χ3n) is 9.80. The summed E-state index contributed by atoms with van der Waals surface area (Å²) in [4.78, 5) is 12.7.